The molecule has 14 heteroatoms. The first kappa shape index (κ1) is 37.9. The Bertz CT molecular complexity index is 1980. The molecule has 3 heterocycles. The third kappa shape index (κ3) is 7.48. The van der Waals surface area contributed by atoms with Crippen LogP contribution in [0.15, 0.2) is 84.9 Å². The van der Waals surface area contributed by atoms with E-state index < -0.39 is 41.8 Å². The number of rotatable bonds is 14. The van der Waals surface area contributed by atoms with Crippen LogP contribution in [0.4, 0.5) is 17.1 Å². The fraction of sp³-hybridized carbons (Fsp3) is 0.350. The number of amides is 4. The van der Waals surface area contributed by atoms with Gasteiger partial charge in [0, 0.05) is 56.2 Å². The van der Waals surface area contributed by atoms with Crippen molar-refractivity contribution >= 4 is 52.6 Å². The molecule has 0 aromatic heterocycles. The van der Waals surface area contributed by atoms with Gasteiger partial charge in [-0.05, 0) is 41.5 Å². The fourth-order valence-corrected chi connectivity index (χ4v) is 7.01. The van der Waals surface area contributed by atoms with Crippen molar-refractivity contribution < 1.29 is 48.5 Å². The van der Waals surface area contributed by atoms with Crippen LogP contribution < -0.4 is 14.7 Å². The van der Waals surface area contributed by atoms with Gasteiger partial charge < -0.3 is 29.5 Å². The molecule has 0 saturated carbocycles. The van der Waals surface area contributed by atoms with E-state index in [0.29, 0.717) is 29.2 Å². The average molecular weight is 739 g/mol. The Morgan fingerprint density at radius 2 is 1.46 bits per heavy atom. The monoisotopic (exact) mass is 738 g/mol. The number of β-lactam (4-membered cyclic amide) rings is 2. The molecule has 3 aliphatic heterocycles. The van der Waals surface area contributed by atoms with Gasteiger partial charge in [0.2, 0.25) is 17.7 Å². The van der Waals surface area contributed by atoms with E-state index in [2.05, 4.69) is 0 Å². The lowest BCUT2D eigenvalue weighted by Crippen LogP contribution is -2.55. The molecule has 3 aromatic rings. The number of benzene rings is 3. The highest BCUT2D eigenvalue weighted by Crippen LogP contribution is 2.48. The van der Waals surface area contributed by atoms with Gasteiger partial charge in [0.15, 0.2) is 18.1 Å². The van der Waals surface area contributed by atoms with E-state index >= 15 is 0 Å². The van der Waals surface area contributed by atoms with Gasteiger partial charge in [0.1, 0.15) is 0 Å². The van der Waals surface area contributed by atoms with E-state index in [1.54, 1.807) is 61.5 Å². The fourth-order valence-electron chi connectivity index (χ4n) is 7.01. The second-order valence-corrected chi connectivity index (χ2v) is 13.5. The molecule has 6 rings (SSSR count). The Morgan fingerprint density at radius 3 is 2.04 bits per heavy atom. The number of carbonyl (C=O) groups excluding carboxylic acids is 6. The van der Waals surface area contributed by atoms with Crippen LogP contribution in [0.5, 0.6) is 0 Å². The van der Waals surface area contributed by atoms with Crippen LogP contribution in [-0.4, -0.2) is 76.3 Å². The van der Waals surface area contributed by atoms with Crippen LogP contribution >= 0.6 is 0 Å². The number of hydrogen-bond acceptors (Lipinski definition) is 10. The summed E-state index contributed by atoms with van der Waals surface area (Å²) in [5.74, 6) is -3.29. The minimum Gasteiger partial charge on any atom is -0.441 e. The first-order valence-electron chi connectivity index (χ1n) is 17.7. The molecule has 4 atom stereocenters. The standard InChI is InChI=1S/C40H42N4O10/c1-25(8-7-11-34(48)41(18-19-45)23-28-9-5-4-6-10-28)40(52)32-20-31(44-36(50)22-38(44)54-27(3)47)16-17-33(32)42(39(40)51)24-29-12-14-30(15-13-29)43-35(49)21-37(43)53-26(2)46/h4-10,12-17,20,25,37-38,45,52H,11,18-19,21-24H2,1-3H3/b8-7+/t25-,37?,38?,40+/m1/s1. The number of carbonyl (C=O) groups is 6. The van der Waals surface area contributed by atoms with Crippen molar-refractivity contribution in [2.75, 3.05) is 27.9 Å². The molecule has 4 amide bonds. The lowest BCUT2D eigenvalue weighted by atomic mass is 9.82. The number of aliphatic hydroxyl groups is 2. The van der Waals surface area contributed by atoms with E-state index in [0.717, 1.165) is 5.56 Å². The van der Waals surface area contributed by atoms with Crippen molar-refractivity contribution in [3.8, 4) is 0 Å². The zero-order valence-corrected chi connectivity index (χ0v) is 30.2. The molecule has 2 saturated heterocycles. The smallest absolute Gasteiger partial charge is 0.304 e. The molecule has 54 heavy (non-hydrogen) atoms. The molecule has 2 unspecified atom stereocenters. The number of anilines is 3. The Hall–Kier alpha value is -5.86. The van der Waals surface area contributed by atoms with Crippen LogP contribution in [0.3, 0.4) is 0 Å². The molecule has 282 valence electrons. The Labute approximate surface area is 312 Å². The van der Waals surface area contributed by atoms with Crippen molar-refractivity contribution in [1.29, 1.82) is 0 Å². The highest BCUT2D eigenvalue weighted by Gasteiger charge is 2.53. The maximum absolute atomic E-state index is 14.4. The molecule has 3 aliphatic rings. The molecular formula is C40H42N4O10. The van der Waals surface area contributed by atoms with Crippen LogP contribution in [-0.2, 0) is 56.9 Å². The molecule has 0 aliphatic carbocycles. The third-order valence-corrected chi connectivity index (χ3v) is 9.82. The number of fused-ring (bicyclic) bond motifs is 1. The van der Waals surface area contributed by atoms with Gasteiger partial charge in [-0.15, -0.1) is 0 Å². The van der Waals surface area contributed by atoms with Gasteiger partial charge in [-0.25, -0.2) is 0 Å². The molecule has 14 nitrogen and oxygen atoms in total. The van der Waals surface area contributed by atoms with Gasteiger partial charge in [-0.3, -0.25) is 38.6 Å². The molecule has 3 aromatic carbocycles. The lowest BCUT2D eigenvalue weighted by molar-refractivity contribution is -0.155. The van der Waals surface area contributed by atoms with Crippen molar-refractivity contribution in [3.05, 3.63) is 102 Å². The van der Waals surface area contributed by atoms with E-state index in [4.69, 9.17) is 9.47 Å². The third-order valence-electron chi connectivity index (χ3n) is 9.82. The van der Waals surface area contributed by atoms with Crippen LogP contribution in [0.1, 0.15) is 56.7 Å². The average Bonchev–Trinajstić information content (AvgIpc) is 3.33. The van der Waals surface area contributed by atoms with E-state index in [9.17, 15) is 39.0 Å². The van der Waals surface area contributed by atoms with Gasteiger partial charge in [0.05, 0.1) is 31.7 Å². The molecule has 0 bridgehead atoms. The summed E-state index contributed by atoms with van der Waals surface area (Å²) in [7, 11) is 0. The Kier molecular flexibility index (Phi) is 11.0. The van der Waals surface area contributed by atoms with E-state index in [1.165, 1.54) is 33.4 Å². The van der Waals surface area contributed by atoms with Gasteiger partial charge in [0.25, 0.3) is 5.91 Å². The minimum absolute atomic E-state index is 0.00261. The first-order valence-corrected chi connectivity index (χ1v) is 17.7. The molecule has 0 radical (unpaired) electrons. The topological polar surface area (TPSA) is 174 Å². The first-order chi connectivity index (χ1) is 25.8. The summed E-state index contributed by atoms with van der Waals surface area (Å²) in [6.07, 6.45) is 1.71. The maximum Gasteiger partial charge on any atom is 0.304 e. The van der Waals surface area contributed by atoms with E-state index in [-0.39, 0.29) is 62.2 Å². The van der Waals surface area contributed by atoms with Crippen LogP contribution in [0, 0.1) is 5.92 Å². The second-order valence-electron chi connectivity index (χ2n) is 13.5. The number of ether oxygens (including phenoxy) is 2. The summed E-state index contributed by atoms with van der Waals surface area (Å²) >= 11 is 0. The number of aliphatic hydroxyl groups excluding tert-OH is 1. The maximum atomic E-state index is 14.4. The normalized spacial score (nSPS) is 21.1. The van der Waals surface area contributed by atoms with Gasteiger partial charge >= 0.3 is 11.9 Å². The zero-order valence-electron chi connectivity index (χ0n) is 30.2. The molecule has 2 N–H and O–H groups in total. The Balaban J connectivity index is 1.26. The highest BCUT2D eigenvalue weighted by molar-refractivity contribution is 6.08. The van der Waals surface area contributed by atoms with Crippen LogP contribution in [0.25, 0.3) is 0 Å². The second kappa shape index (κ2) is 15.6. The zero-order chi connectivity index (χ0) is 38.7. The van der Waals surface area contributed by atoms with Crippen molar-refractivity contribution in [3.63, 3.8) is 0 Å². The number of esters is 2. The number of nitrogens with zero attached hydrogens (tertiary/aromatic N) is 4. The number of hydrogen-bond donors (Lipinski definition) is 2. The van der Waals surface area contributed by atoms with Crippen molar-refractivity contribution in [2.24, 2.45) is 5.92 Å². The van der Waals surface area contributed by atoms with Gasteiger partial charge in [-0.2, -0.15) is 0 Å². The highest BCUT2D eigenvalue weighted by atomic mass is 16.6. The van der Waals surface area contributed by atoms with Crippen molar-refractivity contribution in [2.45, 2.75) is 71.2 Å². The summed E-state index contributed by atoms with van der Waals surface area (Å²) in [6, 6.07) is 21.0. The van der Waals surface area contributed by atoms with Crippen molar-refractivity contribution in [1.82, 2.24) is 4.90 Å². The van der Waals surface area contributed by atoms with Crippen LogP contribution in [0.2, 0.25) is 0 Å². The summed E-state index contributed by atoms with van der Waals surface area (Å²) in [4.78, 5) is 81.4. The predicted molar refractivity (Wildman–Crippen MR) is 195 cm³/mol. The van der Waals surface area contributed by atoms with E-state index in [1.807, 2.05) is 30.3 Å². The largest absolute Gasteiger partial charge is 0.441 e. The summed E-state index contributed by atoms with van der Waals surface area (Å²) in [5.41, 5.74) is 0.940. The SMILES string of the molecule is CC(=O)OC1CC(=O)N1c1ccc(CN2C(=O)[C@](O)([C@H](C)/C=C/CC(=O)N(CCO)Cc3ccccc3)c3cc(N4C(=O)CC4OC(C)=O)ccc32)cc1. The minimum atomic E-state index is -2.12. The summed E-state index contributed by atoms with van der Waals surface area (Å²) in [6.45, 7) is 4.44. The Morgan fingerprint density at radius 1 is 0.870 bits per heavy atom. The molecular weight excluding hydrogens is 696 g/mol. The summed E-state index contributed by atoms with van der Waals surface area (Å²) < 4.78 is 10.5. The predicted octanol–water partition coefficient (Wildman–Crippen LogP) is 3.28. The molecule has 2 fully saturated rings. The summed E-state index contributed by atoms with van der Waals surface area (Å²) in [5, 5.41) is 22.0. The quantitative estimate of drug-likeness (QED) is 0.142. The van der Waals surface area contributed by atoms with Gasteiger partial charge in [-0.1, -0.05) is 61.5 Å². The molecule has 0 spiro atoms. The lowest BCUT2D eigenvalue weighted by Gasteiger charge is -2.39.